The van der Waals surface area contributed by atoms with Gasteiger partial charge in [-0.3, -0.25) is 14.2 Å². The van der Waals surface area contributed by atoms with Gasteiger partial charge in [0.2, 0.25) is 5.91 Å². The quantitative estimate of drug-likeness (QED) is 0.788. The Morgan fingerprint density at radius 2 is 2.26 bits per heavy atom. The average Bonchev–Trinajstić information content (AvgIpc) is 2.63. The Labute approximate surface area is 116 Å². The van der Waals surface area contributed by atoms with Crippen molar-refractivity contribution in [2.45, 2.75) is 11.7 Å². The van der Waals surface area contributed by atoms with Gasteiger partial charge in [-0.2, -0.15) is 0 Å². The number of carboxylic acid groups (broad SMARTS) is 1. The lowest BCUT2D eigenvalue weighted by Gasteiger charge is -2.04. The minimum absolute atomic E-state index is 0.118. The Kier molecular flexibility index (Phi) is 3.91. The maximum absolute atomic E-state index is 11.1. The Morgan fingerprint density at radius 1 is 1.53 bits per heavy atom. The van der Waals surface area contributed by atoms with Crippen LogP contribution in [-0.2, 0) is 16.1 Å². The molecule has 3 N–H and O–H groups in total. The van der Waals surface area contributed by atoms with Gasteiger partial charge in [0.15, 0.2) is 10.8 Å². The molecule has 2 rings (SSSR count). The second-order valence-electron chi connectivity index (χ2n) is 3.63. The van der Waals surface area contributed by atoms with Crippen molar-refractivity contribution in [1.82, 2.24) is 14.5 Å². The van der Waals surface area contributed by atoms with E-state index >= 15 is 0 Å². The molecular weight excluding hydrogens is 292 g/mol. The van der Waals surface area contributed by atoms with Gasteiger partial charge in [-0.25, -0.2) is 9.97 Å². The maximum atomic E-state index is 11.1. The third-order valence-corrected chi connectivity index (χ3v) is 3.32. The predicted molar refractivity (Wildman–Crippen MR) is 70.1 cm³/mol. The van der Waals surface area contributed by atoms with E-state index < -0.39 is 11.9 Å². The standard InChI is InChI=1S/C10H9ClN4O3S/c11-5-1-6-9(13-2-5)15(3-7(12)16)10(14-6)19-4-8(17)18/h1-2H,3-4H2,(H2,12,16)(H,17,18). The Hall–Kier alpha value is -1.80. The third-order valence-electron chi connectivity index (χ3n) is 2.16. The first-order valence-electron chi connectivity index (χ1n) is 5.12. The monoisotopic (exact) mass is 300 g/mol. The van der Waals surface area contributed by atoms with Crippen molar-refractivity contribution in [1.29, 1.82) is 0 Å². The number of nitrogens with two attached hydrogens (primary N) is 1. The van der Waals surface area contributed by atoms with E-state index in [1.54, 1.807) is 6.07 Å². The van der Waals surface area contributed by atoms with Crippen molar-refractivity contribution in [2.24, 2.45) is 5.73 Å². The molecular formula is C10H9ClN4O3S. The van der Waals surface area contributed by atoms with E-state index in [9.17, 15) is 9.59 Å². The largest absolute Gasteiger partial charge is 0.481 e. The number of rotatable bonds is 5. The number of carbonyl (C=O) groups excluding carboxylic acids is 1. The normalized spacial score (nSPS) is 10.8. The zero-order chi connectivity index (χ0) is 14.0. The van der Waals surface area contributed by atoms with Gasteiger partial charge in [0.25, 0.3) is 0 Å². The molecule has 19 heavy (non-hydrogen) atoms. The number of thioether (sulfide) groups is 1. The fraction of sp³-hybridized carbons (Fsp3) is 0.200. The van der Waals surface area contributed by atoms with E-state index in [-0.39, 0.29) is 12.3 Å². The molecule has 0 atom stereocenters. The summed E-state index contributed by atoms with van der Waals surface area (Å²) in [6, 6.07) is 1.59. The van der Waals surface area contributed by atoms with Crippen molar-refractivity contribution in [2.75, 3.05) is 5.75 Å². The predicted octanol–water partition coefficient (Wildman–Crippen LogP) is 0.747. The minimum Gasteiger partial charge on any atom is -0.481 e. The molecule has 0 spiro atoms. The van der Waals surface area contributed by atoms with Crippen molar-refractivity contribution in [3.8, 4) is 0 Å². The summed E-state index contributed by atoms with van der Waals surface area (Å²) in [4.78, 5) is 29.9. The summed E-state index contributed by atoms with van der Waals surface area (Å²) in [6.07, 6.45) is 1.43. The number of carbonyl (C=O) groups is 2. The highest BCUT2D eigenvalue weighted by Gasteiger charge is 2.15. The summed E-state index contributed by atoms with van der Waals surface area (Å²) in [5.74, 6) is -1.71. The average molecular weight is 301 g/mol. The van der Waals surface area contributed by atoms with Crippen LogP contribution in [0.15, 0.2) is 17.4 Å². The smallest absolute Gasteiger partial charge is 0.313 e. The molecule has 7 nitrogen and oxygen atoms in total. The molecule has 0 fully saturated rings. The first-order chi connectivity index (χ1) is 8.97. The SMILES string of the molecule is NC(=O)Cn1c(SCC(=O)O)nc2cc(Cl)cnc21. The number of fused-ring (bicyclic) bond motifs is 1. The van der Waals surface area contributed by atoms with Gasteiger partial charge in [-0.15, -0.1) is 0 Å². The fourth-order valence-electron chi connectivity index (χ4n) is 1.50. The summed E-state index contributed by atoms with van der Waals surface area (Å²) in [6.45, 7) is -0.118. The number of nitrogens with zero attached hydrogens (tertiary/aromatic N) is 3. The van der Waals surface area contributed by atoms with Gasteiger partial charge >= 0.3 is 5.97 Å². The molecule has 0 aliphatic heterocycles. The van der Waals surface area contributed by atoms with E-state index in [2.05, 4.69) is 9.97 Å². The molecule has 1 amide bonds. The lowest BCUT2D eigenvalue weighted by atomic mass is 10.4. The second kappa shape index (κ2) is 5.45. The molecule has 0 saturated heterocycles. The van der Waals surface area contributed by atoms with E-state index in [1.165, 1.54) is 10.8 Å². The van der Waals surface area contributed by atoms with Crippen LogP contribution in [0.25, 0.3) is 11.2 Å². The molecule has 0 radical (unpaired) electrons. The Morgan fingerprint density at radius 3 is 2.89 bits per heavy atom. The van der Waals surface area contributed by atoms with Gasteiger partial charge < -0.3 is 10.8 Å². The summed E-state index contributed by atoms with van der Waals surface area (Å²) < 4.78 is 1.47. The topological polar surface area (TPSA) is 111 Å². The molecule has 2 aromatic heterocycles. The zero-order valence-electron chi connectivity index (χ0n) is 9.54. The summed E-state index contributed by atoms with van der Waals surface area (Å²) >= 11 is 6.80. The summed E-state index contributed by atoms with van der Waals surface area (Å²) in [7, 11) is 0. The van der Waals surface area contributed by atoms with Crippen molar-refractivity contribution in [3.63, 3.8) is 0 Å². The highest BCUT2D eigenvalue weighted by molar-refractivity contribution is 7.99. The van der Waals surface area contributed by atoms with Gasteiger partial charge in [0.05, 0.1) is 10.8 Å². The zero-order valence-corrected chi connectivity index (χ0v) is 11.1. The van der Waals surface area contributed by atoms with Crippen LogP contribution in [0.3, 0.4) is 0 Å². The minimum atomic E-state index is -0.978. The number of carboxylic acids is 1. The van der Waals surface area contributed by atoms with Crippen molar-refractivity contribution in [3.05, 3.63) is 17.3 Å². The van der Waals surface area contributed by atoms with Crippen LogP contribution in [0.5, 0.6) is 0 Å². The lowest BCUT2D eigenvalue weighted by Crippen LogP contribution is -2.19. The number of hydrogen-bond acceptors (Lipinski definition) is 5. The number of halogens is 1. The molecule has 0 bridgehead atoms. The van der Waals surface area contributed by atoms with Crippen molar-refractivity contribution >= 4 is 46.4 Å². The number of pyridine rings is 1. The third kappa shape index (κ3) is 3.15. The molecule has 0 unspecified atom stereocenters. The number of aliphatic carboxylic acids is 1. The Bertz CT molecular complexity index is 658. The van der Waals surface area contributed by atoms with Gasteiger partial charge in [0, 0.05) is 6.20 Å². The van der Waals surface area contributed by atoms with E-state index in [4.69, 9.17) is 22.4 Å². The molecule has 2 heterocycles. The fourth-order valence-corrected chi connectivity index (χ4v) is 2.37. The highest BCUT2D eigenvalue weighted by atomic mass is 35.5. The molecule has 0 saturated carbocycles. The first kappa shape index (κ1) is 13.6. The maximum Gasteiger partial charge on any atom is 0.313 e. The molecule has 2 aromatic rings. The van der Waals surface area contributed by atoms with Crippen LogP contribution in [0, 0.1) is 0 Å². The molecule has 100 valence electrons. The van der Waals surface area contributed by atoms with Crippen LogP contribution in [-0.4, -0.2) is 37.3 Å². The Balaban J connectivity index is 2.47. The van der Waals surface area contributed by atoms with Crippen molar-refractivity contribution < 1.29 is 14.7 Å². The second-order valence-corrected chi connectivity index (χ2v) is 5.00. The molecule has 0 aromatic carbocycles. The van der Waals surface area contributed by atoms with Gasteiger partial charge in [-0.05, 0) is 6.07 Å². The summed E-state index contributed by atoms with van der Waals surface area (Å²) in [5.41, 5.74) is 6.09. The number of primary amides is 1. The number of aromatic nitrogens is 3. The van der Waals surface area contributed by atoms with E-state index in [0.717, 1.165) is 11.8 Å². The van der Waals surface area contributed by atoms with Crippen LogP contribution >= 0.6 is 23.4 Å². The van der Waals surface area contributed by atoms with Crippen LogP contribution in [0.2, 0.25) is 5.02 Å². The highest BCUT2D eigenvalue weighted by Crippen LogP contribution is 2.24. The molecule has 9 heteroatoms. The number of amides is 1. The van der Waals surface area contributed by atoms with E-state index in [1.807, 2.05) is 0 Å². The lowest BCUT2D eigenvalue weighted by molar-refractivity contribution is -0.133. The molecule has 0 aliphatic carbocycles. The molecule has 0 aliphatic rings. The van der Waals surface area contributed by atoms with Gasteiger partial charge in [0.1, 0.15) is 12.1 Å². The number of hydrogen-bond donors (Lipinski definition) is 2. The van der Waals surface area contributed by atoms with Crippen LogP contribution in [0.1, 0.15) is 0 Å². The van der Waals surface area contributed by atoms with E-state index in [0.29, 0.717) is 21.3 Å². The van der Waals surface area contributed by atoms with Gasteiger partial charge in [-0.1, -0.05) is 23.4 Å². The first-order valence-corrected chi connectivity index (χ1v) is 6.48. The van der Waals surface area contributed by atoms with Crippen LogP contribution < -0.4 is 5.73 Å². The summed E-state index contributed by atoms with van der Waals surface area (Å²) in [5, 5.41) is 9.46. The van der Waals surface area contributed by atoms with Crippen LogP contribution in [0.4, 0.5) is 0 Å². The number of imidazole rings is 1.